The fourth-order valence-electron chi connectivity index (χ4n) is 7.54. The van der Waals surface area contributed by atoms with Crippen LogP contribution in [0.5, 0.6) is 0 Å². The lowest BCUT2D eigenvalue weighted by Crippen LogP contribution is -2.36. The molecule has 1 aromatic heterocycles. The van der Waals surface area contributed by atoms with E-state index in [0.717, 1.165) is 67.0 Å². The lowest BCUT2D eigenvalue weighted by molar-refractivity contribution is 0.670. The van der Waals surface area contributed by atoms with Gasteiger partial charge >= 0.3 is 0 Å². The number of furan rings is 1. The van der Waals surface area contributed by atoms with Gasteiger partial charge in [0, 0.05) is 27.5 Å². The van der Waals surface area contributed by atoms with Crippen molar-refractivity contribution < 1.29 is 4.42 Å². The number of hydrogen-bond donors (Lipinski definition) is 1. The average Bonchev–Trinajstić information content (AvgIpc) is 3.67. The van der Waals surface area contributed by atoms with Crippen LogP contribution in [0.1, 0.15) is 22.9 Å². The smallest absolute Gasteiger partial charge is 0.169 e. The molecule has 0 saturated heterocycles. The molecule has 1 aliphatic rings. The van der Waals surface area contributed by atoms with Gasteiger partial charge in [0.25, 0.3) is 0 Å². The lowest BCUT2D eigenvalue weighted by atomic mass is 9.96. The van der Waals surface area contributed by atoms with E-state index in [-0.39, 0.29) is 0 Å². The highest BCUT2D eigenvalue weighted by Crippen LogP contribution is 2.39. The van der Waals surface area contributed by atoms with Crippen LogP contribution in [0.3, 0.4) is 0 Å². The van der Waals surface area contributed by atoms with Gasteiger partial charge in [-0.25, -0.2) is 9.98 Å². The van der Waals surface area contributed by atoms with E-state index in [4.69, 9.17) is 14.4 Å². The highest BCUT2D eigenvalue weighted by molar-refractivity contribution is 6.25. The minimum absolute atomic E-state index is 0.445. The van der Waals surface area contributed by atoms with E-state index in [1.807, 2.05) is 42.5 Å². The number of amidine groups is 2. The number of hydrogen-bond acceptors (Lipinski definition) is 4. The standard InChI is InChI=1S/C51H35N3O/c1-4-12-34(13-5-1)36-20-22-38(23-21-36)39-26-30-42(31-27-39)50-52-49(41-16-8-3-9-17-41)53-51(54-50)45-33-32-43(48-47(45)44-18-10-11-19-46(44)55-48)40-28-24-37(25-29-40)35-14-6-2-7-15-35/h1-33,50H,(H,52,53,54). The molecular weight excluding hydrogens is 671 g/mol. The van der Waals surface area contributed by atoms with Crippen LogP contribution < -0.4 is 5.32 Å². The number of nitrogens with one attached hydrogen (secondary N) is 1. The summed E-state index contributed by atoms with van der Waals surface area (Å²) in [4.78, 5) is 10.5. The molecule has 1 atom stereocenters. The maximum absolute atomic E-state index is 6.68. The molecule has 0 bridgehead atoms. The predicted molar refractivity (Wildman–Crippen MR) is 227 cm³/mol. The van der Waals surface area contributed by atoms with Crippen molar-refractivity contribution in [1.29, 1.82) is 0 Å². The molecular formula is C51H35N3O. The topological polar surface area (TPSA) is 49.9 Å². The Hall–Kier alpha value is -7.30. The van der Waals surface area contributed by atoms with Gasteiger partial charge < -0.3 is 9.73 Å². The van der Waals surface area contributed by atoms with Crippen molar-refractivity contribution in [2.45, 2.75) is 6.17 Å². The molecule has 0 fully saturated rings. The van der Waals surface area contributed by atoms with Gasteiger partial charge in [-0.1, -0.05) is 182 Å². The summed E-state index contributed by atoms with van der Waals surface area (Å²) < 4.78 is 6.68. The maximum Gasteiger partial charge on any atom is 0.169 e. The van der Waals surface area contributed by atoms with Gasteiger partial charge in [-0.05, 0) is 62.7 Å². The van der Waals surface area contributed by atoms with Crippen molar-refractivity contribution in [3.63, 3.8) is 0 Å². The monoisotopic (exact) mass is 705 g/mol. The van der Waals surface area contributed by atoms with E-state index in [0.29, 0.717) is 0 Å². The largest absolute Gasteiger partial charge is 0.455 e. The Bertz CT molecular complexity index is 2840. The molecule has 0 aliphatic carbocycles. The van der Waals surface area contributed by atoms with Crippen molar-refractivity contribution in [2.24, 2.45) is 9.98 Å². The van der Waals surface area contributed by atoms with Crippen LogP contribution in [0.15, 0.2) is 215 Å². The number of aliphatic imine (C=N–C) groups is 2. The average molecular weight is 706 g/mol. The first-order valence-electron chi connectivity index (χ1n) is 18.6. The van der Waals surface area contributed by atoms with Crippen molar-refractivity contribution in [1.82, 2.24) is 5.32 Å². The van der Waals surface area contributed by atoms with Crippen LogP contribution in [0.25, 0.3) is 66.4 Å². The zero-order chi connectivity index (χ0) is 36.6. The highest BCUT2D eigenvalue weighted by Gasteiger charge is 2.25. The second-order valence-electron chi connectivity index (χ2n) is 13.8. The van der Waals surface area contributed by atoms with E-state index < -0.39 is 6.17 Å². The normalized spacial score (nSPS) is 14.0. The Balaban J connectivity index is 1.04. The molecule has 2 heterocycles. The van der Waals surface area contributed by atoms with Crippen LogP contribution in [0.4, 0.5) is 0 Å². The van der Waals surface area contributed by atoms with Crippen LogP contribution >= 0.6 is 0 Å². The zero-order valence-electron chi connectivity index (χ0n) is 29.9. The molecule has 0 saturated carbocycles. The number of benzene rings is 8. The highest BCUT2D eigenvalue weighted by atomic mass is 16.3. The summed E-state index contributed by atoms with van der Waals surface area (Å²) >= 11 is 0. The van der Waals surface area contributed by atoms with Crippen molar-refractivity contribution in [2.75, 3.05) is 0 Å². The fraction of sp³-hybridized carbons (Fsp3) is 0.0196. The second-order valence-corrected chi connectivity index (χ2v) is 13.8. The van der Waals surface area contributed by atoms with Crippen molar-refractivity contribution >= 4 is 33.6 Å². The summed E-state index contributed by atoms with van der Waals surface area (Å²) in [5.74, 6) is 1.53. The molecule has 1 N–H and O–H groups in total. The molecule has 1 unspecified atom stereocenters. The number of nitrogens with zero attached hydrogens (tertiary/aromatic N) is 2. The van der Waals surface area contributed by atoms with Crippen LogP contribution in [-0.4, -0.2) is 11.7 Å². The summed E-state index contributed by atoms with van der Waals surface area (Å²) in [6.07, 6.45) is -0.445. The molecule has 8 aromatic carbocycles. The molecule has 260 valence electrons. The molecule has 4 nitrogen and oxygen atoms in total. The third-order valence-corrected chi connectivity index (χ3v) is 10.4. The van der Waals surface area contributed by atoms with Gasteiger partial charge in [-0.15, -0.1) is 0 Å². The molecule has 55 heavy (non-hydrogen) atoms. The van der Waals surface area contributed by atoms with E-state index >= 15 is 0 Å². The number of para-hydroxylation sites is 1. The predicted octanol–water partition coefficient (Wildman–Crippen LogP) is 12.7. The molecule has 10 rings (SSSR count). The van der Waals surface area contributed by atoms with E-state index in [9.17, 15) is 0 Å². The SMILES string of the molecule is c1ccc(C2=NC(c3ccc(-c4ccc(-c5ccccc5)cc4)cc3)N=C(c3ccc(-c4ccc(-c5ccccc5)cc4)c4oc5ccccc5c34)N2)cc1. The Kier molecular flexibility index (Phi) is 8.19. The first-order valence-corrected chi connectivity index (χ1v) is 18.6. The Morgan fingerprint density at radius 1 is 0.364 bits per heavy atom. The Labute approximate surface area is 319 Å². The molecule has 0 radical (unpaired) electrons. The van der Waals surface area contributed by atoms with Gasteiger partial charge in [-0.2, -0.15) is 0 Å². The number of rotatable bonds is 7. The number of fused-ring (bicyclic) bond motifs is 3. The third kappa shape index (κ3) is 6.20. The Morgan fingerprint density at radius 3 is 1.38 bits per heavy atom. The molecule has 9 aromatic rings. The minimum Gasteiger partial charge on any atom is -0.455 e. The lowest BCUT2D eigenvalue weighted by Gasteiger charge is -2.23. The zero-order valence-corrected chi connectivity index (χ0v) is 29.9. The molecule has 1 aliphatic heterocycles. The molecule has 4 heteroatoms. The van der Waals surface area contributed by atoms with E-state index in [1.165, 1.54) is 27.8 Å². The van der Waals surface area contributed by atoms with Gasteiger partial charge in [0.05, 0.1) is 0 Å². The second kappa shape index (κ2) is 13.9. The van der Waals surface area contributed by atoms with Crippen LogP contribution in [0.2, 0.25) is 0 Å². The first kappa shape index (κ1) is 32.4. The summed E-state index contributed by atoms with van der Waals surface area (Å²) in [5, 5.41) is 5.70. The summed E-state index contributed by atoms with van der Waals surface area (Å²) in [7, 11) is 0. The van der Waals surface area contributed by atoms with Crippen LogP contribution in [-0.2, 0) is 0 Å². The van der Waals surface area contributed by atoms with Gasteiger partial charge in [-0.3, -0.25) is 0 Å². The van der Waals surface area contributed by atoms with Gasteiger partial charge in [0.1, 0.15) is 22.8 Å². The van der Waals surface area contributed by atoms with Gasteiger partial charge in [0.2, 0.25) is 0 Å². The van der Waals surface area contributed by atoms with Gasteiger partial charge in [0.15, 0.2) is 6.17 Å². The Morgan fingerprint density at radius 2 is 0.800 bits per heavy atom. The summed E-state index contributed by atoms with van der Waals surface area (Å²) in [6, 6.07) is 69.9. The van der Waals surface area contributed by atoms with Crippen molar-refractivity contribution in [3.8, 4) is 44.5 Å². The molecule has 0 spiro atoms. The van der Waals surface area contributed by atoms with Crippen molar-refractivity contribution in [3.05, 3.63) is 217 Å². The maximum atomic E-state index is 6.68. The fourth-order valence-corrected chi connectivity index (χ4v) is 7.54. The third-order valence-electron chi connectivity index (χ3n) is 10.4. The summed E-state index contributed by atoms with van der Waals surface area (Å²) in [6.45, 7) is 0. The first-order chi connectivity index (χ1) is 27.2. The van der Waals surface area contributed by atoms with E-state index in [1.54, 1.807) is 0 Å². The molecule has 0 amide bonds. The van der Waals surface area contributed by atoms with Crippen LogP contribution in [0, 0.1) is 0 Å². The summed E-state index contributed by atoms with van der Waals surface area (Å²) in [5.41, 5.74) is 13.9. The van der Waals surface area contributed by atoms with E-state index in [2.05, 4.69) is 163 Å². The quantitative estimate of drug-likeness (QED) is 0.179. The minimum atomic E-state index is -0.445.